The van der Waals surface area contributed by atoms with Gasteiger partial charge in [-0.25, -0.2) is 0 Å². The van der Waals surface area contributed by atoms with Crippen molar-refractivity contribution in [3.8, 4) is 0 Å². The zero-order valence-electron chi connectivity index (χ0n) is 15.2. The maximum absolute atomic E-state index is 13.6. The van der Waals surface area contributed by atoms with Crippen molar-refractivity contribution < 1.29 is 4.79 Å². The van der Waals surface area contributed by atoms with Crippen LogP contribution in [0.5, 0.6) is 0 Å². The van der Waals surface area contributed by atoms with E-state index < -0.39 is 0 Å². The third-order valence-corrected chi connectivity index (χ3v) is 4.32. The van der Waals surface area contributed by atoms with Crippen LogP contribution in [0.1, 0.15) is 37.3 Å². The molecule has 0 aromatic heterocycles. The van der Waals surface area contributed by atoms with Crippen LogP contribution in [-0.4, -0.2) is 23.4 Å². The van der Waals surface area contributed by atoms with Gasteiger partial charge in [0.15, 0.2) is 0 Å². The van der Waals surface area contributed by atoms with Crippen LogP contribution in [0.4, 0.5) is 0 Å². The summed E-state index contributed by atoms with van der Waals surface area (Å²) in [5, 5.41) is 0. The second-order valence-electron chi connectivity index (χ2n) is 6.31. The lowest BCUT2D eigenvalue weighted by atomic mass is 9.89. The van der Waals surface area contributed by atoms with Crippen LogP contribution in [0, 0.1) is 0 Å². The highest BCUT2D eigenvalue weighted by atomic mass is 16.2. The molecule has 2 rings (SSSR count). The van der Waals surface area contributed by atoms with Gasteiger partial charge in [0.1, 0.15) is 0 Å². The summed E-state index contributed by atoms with van der Waals surface area (Å²) in [6.45, 7) is 12.7. The second kappa shape index (κ2) is 9.03. The maximum Gasteiger partial charge on any atom is 0.235 e. The summed E-state index contributed by atoms with van der Waals surface area (Å²) in [7, 11) is 0. The van der Waals surface area contributed by atoms with Crippen LogP contribution in [0.3, 0.4) is 0 Å². The van der Waals surface area contributed by atoms with Gasteiger partial charge in [0, 0.05) is 6.54 Å². The molecule has 25 heavy (non-hydrogen) atoms. The SMILES string of the molecule is C=CC(C(=C)C)N(CCC)C(=O)C(c1ccccc1)c1ccccc1. The summed E-state index contributed by atoms with van der Waals surface area (Å²) >= 11 is 0. The molecule has 2 aromatic rings. The lowest BCUT2D eigenvalue weighted by molar-refractivity contribution is -0.132. The molecule has 1 unspecified atom stereocenters. The predicted octanol–water partition coefficient (Wildman–Crippen LogP) is 5.19. The Bertz CT molecular complexity index is 666. The average molecular weight is 333 g/mol. The highest BCUT2D eigenvalue weighted by molar-refractivity contribution is 5.88. The Hall–Kier alpha value is -2.61. The summed E-state index contributed by atoms with van der Waals surface area (Å²) in [6.07, 6.45) is 2.70. The van der Waals surface area contributed by atoms with Crippen LogP contribution >= 0.6 is 0 Å². The lowest BCUT2D eigenvalue weighted by Crippen LogP contribution is -2.43. The van der Waals surface area contributed by atoms with Crippen LogP contribution < -0.4 is 0 Å². The number of hydrogen-bond donors (Lipinski definition) is 0. The van der Waals surface area contributed by atoms with Gasteiger partial charge in [0.25, 0.3) is 0 Å². The number of carbonyl (C=O) groups is 1. The summed E-state index contributed by atoms with van der Waals surface area (Å²) in [5.74, 6) is -0.233. The third kappa shape index (κ3) is 4.48. The topological polar surface area (TPSA) is 20.3 Å². The molecule has 0 bridgehead atoms. The van der Waals surface area contributed by atoms with Crippen LogP contribution in [-0.2, 0) is 4.79 Å². The fourth-order valence-electron chi connectivity index (χ4n) is 3.16. The van der Waals surface area contributed by atoms with E-state index in [4.69, 9.17) is 0 Å². The Labute approximate surface area is 151 Å². The number of nitrogens with zero attached hydrogens (tertiary/aromatic N) is 1. The monoisotopic (exact) mass is 333 g/mol. The lowest BCUT2D eigenvalue weighted by Gasteiger charge is -2.33. The minimum atomic E-state index is -0.323. The molecule has 0 N–H and O–H groups in total. The Kier molecular flexibility index (Phi) is 6.76. The van der Waals surface area contributed by atoms with Crippen molar-refractivity contribution in [2.45, 2.75) is 32.2 Å². The molecule has 0 aliphatic heterocycles. The summed E-state index contributed by atoms with van der Waals surface area (Å²) < 4.78 is 0. The van der Waals surface area contributed by atoms with Crippen molar-refractivity contribution in [3.63, 3.8) is 0 Å². The van der Waals surface area contributed by atoms with E-state index in [9.17, 15) is 4.79 Å². The van der Waals surface area contributed by atoms with Gasteiger partial charge >= 0.3 is 0 Å². The first-order chi connectivity index (χ1) is 12.1. The number of rotatable bonds is 8. The quantitative estimate of drug-likeness (QED) is 0.609. The highest BCUT2D eigenvalue weighted by Crippen LogP contribution is 2.28. The van der Waals surface area contributed by atoms with Gasteiger partial charge in [-0.3, -0.25) is 4.79 Å². The fraction of sp³-hybridized carbons (Fsp3) is 0.261. The first-order valence-electron chi connectivity index (χ1n) is 8.78. The van der Waals surface area contributed by atoms with E-state index in [-0.39, 0.29) is 17.9 Å². The number of amides is 1. The van der Waals surface area contributed by atoms with Gasteiger partial charge in [-0.2, -0.15) is 0 Å². The van der Waals surface area contributed by atoms with Crippen molar-refractivity contribution >= 4 is 5.91 Å². The summed E-state index contributed by atoms with van der Waals surface area (Å²) in [6, 6.07) is 19.8. The molecule has 2 nitrogen and oxygen atoms in total. The predicted molar refractivity (Wildman–Crippen MR) is 106 cm³/mol. The molecule has 0 saturated heterocycles. The first kappa shape index (κ1) is 18.7. The maximum atomic E-state index is 13.6. The van der Waals surface area contributed by atoms with Crippen LogP contribution in [0.15, 0.2) is 85.5 Å². The molecule has 0 fully saturated rings. The molecule has 1 atom stereocenters. The van der Waals surface area contributed by atoms with Crippen molar-refractivity contribution in [1.82, 2.24) is 4.90 Å². The molecule has 0 aliphatic rings. The molecule has 0 spiro atoms. The van der Waals surface area contributed by atoms with Crippen LogP contribution in [0.2, 0.25) is 0 Å². The van der Waals surface area contributed by atoms with Gasteiger partial charge in [-0.15, -0.1) is 6.58 Å². The summed E-state index contributed by atoms with van der Waals surface area (Å²) in [4.78, 5) is 15.5. The zero-order chi connectivity index (χ0) is 18.2. The van der Waals surface area contributed by atoms with E-state index in [1.807, 2.05) is 78.6 Å². The molecule has 130 valence electrons. The molecule has 2 heteroatoms. The summed E-state index contributed by atoms with van der Waals surface area (Å²) in [5.41, 5.74) is 2.94. The highest BCUT2D eigenvalue weighted by Gasteiger charge is 2.30. The molecule has 0 aliphatic carbocycles. The van der Waals surface area contributed by atoms with E-state index in [0.29, 0.717) is 6.54 Å². The zero-order valence-corrected chi connectivity index (χ0v) is 15.2. The minimum Gasteiger partial charge on any atom is -0.332 e. The van der Waals surface area contributed by atoms with E-state index >= 15 is 0 Å². The van der Waals surface area contributed by atoms with Crippen LogP contribution in [0.25, 0.3) is 0 Å². The second-order valence-corrected chi connectivity index (χ2v) is 6.31. The number of benzene rings is 2. The Morgan fingerprint density at radius 3 is 1.88 bits per heavy atom. The third-order valence-electron chi connectivity index (χ3n) is 4.32. The Balaban J connectivity index is 2.49. The molecule has 1 amide bonds. The Morgan fingerprint density at radius 2 is 1.52 bits per heavy atom. The number of hydrogen-bond acceptors (Lipinski definition) is 1. The molecule has 2 aromatic carbocycles. The Morgan fingerprint density at radius 1 is 1.04 bits per heavy atom. The number of carbonyl (C=O) groups excluding carboxylic acids is 1. The van der Waals surface area contributed by atoms with Gasteiger partial charge in [0.05, 0.1) is 12.0 Å². The van der Waals surface area contributed by atoms with Crippen molar-refractivity contribution in [3.05, 3.63) is 96.6 Å². The molecular weight excluding hydrogens is 306 g/mol. The largest absolute Gasteiger partial charge is 0.332 e. The van der Waals surface area contributed by atoms with E-state index in [1.165, 1.54) is 0 Å². The van der Waals surface area contributed by atoms with Crippen molar-refractivity contribution in [1.29, 1.82) is 0 Å². The fourth-order valence-corrected chi connectivity index (χ4v) is 3.16. The van der Waals surface area contributed by atoms with Gasteiger partial charge in [-0.1, -0.05) is 85.8 Å². The molecule has 0 radical (unpaired) electrons. The molecular formula is C23H27NO. The normalized spacial score (nSPS) is 11.8. The van der Waals surface area contributed by atoms with E-state index in [0.717, 1.165) is 23.1 Å². The minimum absolute atomic E-state index is 0.0900. The van der Waals surface area contributed by atoms with Crippen molar-refractivity contribution in [2.24, 2.45) is 0 Å². The van der Waals surface area contributed by atoms with E-state index in [1.54, 1.807) is 0 Å². The van der Waals surface area contributed by atoms with Gasteiger partial charge in [0.2, 0.25) is 5.91 Å². The van der Waals surface area contributed by atoms with Crippen molar-refractivity contribution in [2.75, 3.05) is 6.54 Å². The standard InChI is InChI=1S/C23H27NO/c1-5-17-24(21(6-2)18(3)4)23(25)22(19-13-9-7-10-14-19)20-15-11-8-12-16-20/h6-16,21-22H,2-3,5,17H2,1,4H3. The smallest absolute Gasteiger partial charge is 0.235 e. The first-order valence-corrected chi connectivity index (χ1v) is 8.78. The van der Waals surface area contributed by atoms with Gasteiger partial charge in [-0.05, 0) is 24.5 Å². The van der Waals surface area contributed by atoms with E-state index in [2.05, 4.69) is 20.1 Å². The average Bonchev–Trinajstić information content (AvgIpc) is 2.63. The molecule has 0 heterocycles. The van der Waals surface area contributed by atoms with Gasteiger partial charge < -0.3 is 4.90 Å². The molecule has 0 saturated carbocycles.